The molecule has 6 nitrogen and oxygen atoms in total. The highest BCUT2D eigenvalue weighted by molar-refractivity contribution is 9.10. The van der Waals surface area contributed by atoms with Crippen LogP contribution in [-0.2, 0) is 6.61 Å². The molecule has 2 aromatic carbocycles. The lowest BCUT2D eigenvalue weighted by Gasteiger charge is -2.11. The summed E-state index contributed by atoms with van der Waals surface area (Å²) in [4.78, 5) is 10.1. The average molecular weight is 386 g/mol. The molecule has 0 saturated heterocycles. The lowest BCUT2D eigenvalue weighted by molar-refractivity contribution is -0.384. The Morgan fingerprint density at radius 2 is 2.05 bits per heavy atom. The molecule has 2 aromatic rings. The molecule has 114 valence electrons. The van der Waals surface area contributed by atoms with Gasteiger partial charge >= 0.3 is 0 Å². The van der Waals surface area contributed by atoms with E-state index in [4.69, 9.17) is 21.5 Å². The van der Waals surface area contributed by atoms with Gasteiger partial charge in [0.2, 0.25) is 0 Å². The zero-order chi connectivity index (χ0) is 16.1. The lowest BCUT2D eigenvalue weighted by atomic mass is 10.2. The summed E-state index contributed by atoms with van der Waals surface area (Å²) in [5, 5.41) is 22.4. The maximum Gasteiger partial charge on any atom is 0.269 e. The van der Waals surface area contributed by atoms with Crippen LogP contribution in [0.5, 0.6) is 5.75 Å². The van der Waals surface area contributed by atoms with Crippen LogP contribution >= 0.6 is 27.5 Å². The van der Waals surface area contributed by atoms with Crippen LogP contribution in [0.1, 0.15) is 11.1 Å². The third kappa shape index (κ3) is 3.96. The summed E-state index contributed by atoms with van der Waals surface area (Å²) in [6.45, 7) is 0.212. The Balaban J connectivity index is 2.12. The molecular weight excluding hydrogens is 376 g/mol. The summed E-state index contributed by atoms with van der Waals surface area (Å²) < 4.78 is 6.24. The molecule has 0 bridgehead atoms. The van der Waals surface area contributed by atoms with Crippen molar-refractivity contribution < 1.29 is 14.9 Å². The second kappa shape index (κ2) is 7.24. The van der Waals surface area contributed by atoms with Crippen molar-refractivity contribution in [2.24, 2.45) is 5.16 Å². The summed E-state index contributed by atoms with van der Waals surface area (Å²) in [7, 11) is 0. The summed E-state index contributed by atoms with van der Waals surface area (Å²) in [5.41, 5.74) is 1.41. The molecule has 0 fully saturated rings. The first kappa shape index (κ1) is 16.3. The molecule has 0 radical (unpaired) electrons. The van der Waals surface area contributed by atoms with Gasteiger partial charge in [0.15, 0.2) is 5.75 Å². The zero-order valence-corrected chi connectivity index (χ0v) is 13.4. The van der Waals surface area contributed by atoms with Crippen molar-refractivity contribution in [1.29, 1.82) is 0 Å². The quantitative estimate of drug-likeness (QED) is 0.358. The Labute approximate surface area is 139 Å². The van der Waals surface area contributed by atoms with Crippen molar-refractivity contribution >= 4 is 39.4 Å². The molecule has 8 heteroatoms. The fourth-order valence-electron chi connectivity index (χ4n) is 1.73. The van der Waals surface area contributed by atoms with E-state index in [2.05, 4.69) is 21.1 Å². The van der Waals surface area contributed by atoms with E-state index >= 15 is 0 Å². The third-order valence-electron chi connectivity index (χ3n) is 2.76. The monoisotopic (exact) mass is 384 g/mol. The number of nitrogens with zero attached hydrogens (tertiary/aromatic N) is 2. The number of benzene rings is 2. The van der Waals surface area contributed by atoms with Crippen LogP contribution in [0.25, 0.3) is 0 Å². The van der Waals surface area contributed by atoms with Gasteiger partial charge in [-0.1, -0.05) is 16.8 Å². The summed E-state index contributed by atoms with van der Waals surface area (Å²) in [6, 6.07) is 9.35. The third-order valence-corrected chi connectivity index (χ3v) is 3.63. The minimum Gasteiger partial charge on any atom is -0.486 e. The van der Waals surface area contributed by atoms with Gasteiger partial charge in [0.05, 0.1) is 20.6 Å². The van der Waals surface area contributed by atoms with Gasteiger partial charge in [-0.05, 0) is 51.3 Å². The first-order valence-corrected chi connectivity index (χ1v) is 7.21. The van der Waals surface area contributed by atoms with E-state index < -0.39 is 4.92 Å². The van der Waals surface area contributed by atoms with E-state index in [1.54, 1.807) is 24.3 Å². The molecule has 2 rings (SSSR count). The molecule has 0 aliphatic heterocycles. The van der Waals surface area contributed by atoms with Gasteiger partial charge in [0.1, 0.15) is 6.61 Å². The standard InChI is InChI=1S/C14H10BrClN2O4/c15-12-5-10(7-17-19)6-13(16)14(12)22-8-9-1-3-11(4-2-9)18(20)21/h1-7,19H,8H2/b17-7-. The van der Waals surface area contributed by atoms with E-state index in [1.807, 2.05) is 0 Å². The zero-order valence-electron chi connectivity index (χ0n) is 11.1. The maximum atomic E-state index is 10.6. The van der Waals surface area contributed by atoms with Crippen molar-refractivity contribution in [2.45, 2.75) is 6.61 Å². The van der Waals surface area contributed by atoms with Crippen molar-refractivity contribution in [3.63, 3.8) is 0 Å². The molecule has 0 heterocycles. The second-order valence-electron chi connectivity index (χ2n) is 4.27. The van der Waals surface area contributed by atoms with Crippen LogP contribution in [0.2, 0.25) is 5.02 Å². The number of ether oxygens (including phenoxy) is 1. The number of oxime groups is 1. The van der Waals surface area contributed by atoms with Crippen LogP contribution in [0, 0.1) is 10.1 Å². The van der Waals surface area contributed by atoms with Crippen LogP contribution < -0.4 is 4.74 Å². The molecule has 0 unspecified atom stereocenters. The summed E-state index contributed by atoms with van der Waals surface area (Å²) >= 11 is 9.45. The molecular formula is C14H10BrClN2O4. The van der Waals surface area contributed by atoms with Crippen molar-refractivity contribution in [3.05, 3.63) is 67.1 Å². The smallest absolute Gasteiger partial charge is 0.269 e. The highest BCUT2D eigenvalue weighted by atomic mass is 79.9. The molecule has 0 atom stereocenters. The lowest BCUT2D eigenvalue weighted by Crippen LogP contribution is -1.98. The topological polar surface area (TPSA) is 85.0 Å². The molecule has 0 aromatic heterocycles. The van der Waals surface area contributed by atoms with E-state index in [1.165, 1.54) is 18.3 Å². The molecule has 22 heavy (non-hydrogen) atoms. The summed E-state index contributed by atoms with van der Waals surface area (Å²) in [6.07, 6.45) is 1.25. The van der Waals surface area contributed by atoms with Crippen LogP contribution in [0.3, 0.4) is 0 Å². The van der Waals surface area contributed by atoms with E-state index in [-0.39, 0.29) is 12.3 Å². The Bertz CT molecular complexity index is 696. The van der Waals surface area contributed by atoms with Gasteiger partial charge in [-0.2, -0.15) is 0 Å². The Hall–Kier alpha value is -2.12. The average Bonchev–Trinajstić information content (AvgIpc) is 2.47. The number of rotatable bonds is 5. The van der Waals surface area contributed by atoms with Crippen LogP contribution in [-0.4, -0.2) is 16.3 Å². The molecule has 0 saturated carbocycles. The second-order valence-corrected chi connectivity index (χ2v) is 5.53. The number of nitro groups is 1. The van der Waals surface area contributed by atoms with Gasteiger partial charge in [0, 0.05) is 12.1 Å². The largest absolute Gasteiger partial charge is 0.486 e. The highest BCUT2D eigenvalue weighted by Crippen LogP contribution is 2.34. The Kier molecular flexibility index (Phi) is 5.35. The van der Waals surface area contributed by atoms with Gasteiger partial charge in [-0.25, -0.2) is 0 Å². The van der Waals surface area contributed by atoms with E-state index in [0.717, 1.165) is 5.56 Å². The first-order valence-electron chi connectivity index (χ1n) is 6.04. The van der Waals surface area contributed by atoms with Crippen molar-refractivity contribution in [2.75, 3.05) is 0 Å². The number of nitro benzene ring substituents is 1. The fraction of sp³-hybridized carbons (Fsp3) is 0.0714. The molecule has 0 spiro atoms. The molecule has 1 N–H and O–H groups in total. The normalized spacial score (nSPS) is 10.8. The van der Waals surface area contributed by atoms with E-state index in [9.17, 15) is 10.1 Å². The highest BCUT2D eigenvalue weighted by Gasteiger charge is 2.10. The number of halogens is 2. The van der Waals surface area contributed by atoms with Crippen LogP contribution in [0.15, 0.2) is 46.0 Å². The maximum absolute atomic E-state index is 10.6. The molecule has 0 aliphatic carbocycles. The number of hydrogen-bond acceptors (Lipinski definition) is 5. The van der Waals surface area contributed by atoms with Crippen molar-refractivity contribution in [3.8, 4) is 5.75 Å². The van der Waals surface area contributed by atoms with Crippen LogP contribution in [0.4, 0.5) is 5.69 Å². The minimum atomic E-state index is -0.459. The van der Waals surface area contributed by atoms with Gasteiger partial charge < -0.3 is 9.94 Å². The molecule has 0 aliphatic rings. The van der Waals surface area contributed by atoms with Gasteiger partial charge in [-0.3, -0.25) is 10.1 Å². The Morgan fingerprint density at radius 1 is 1.36 bits per heavy atom. The van der Waals surface area contributed by atoms with Gasteiger partial charge in [-0.15, -0.1) is 0 Å². The molecule has 0 amide bonds. The predicted octanol–water partition coefficient (Wildman–Crippen LogP) is 4.40. The fourth-order valence-corrected chi connectivity index (χ4v) is 2.72. The van der Waals surface area contributed by atoms with E-state index in [0.29, 0.717) is 20.8 Å². The predicted molar refractivity (Wildman–Crippen MR) is 86.0 cm³/mol. The SMILES string of the molecule is O=[N+]([O-])c1ccc(COc2c(Cl)cc(/C=N\O)cc2Br)cc1. The van der Waals surface area contributed by atoms with Crippen molar-refractivity contribution in [1.82, 2.24) is 0 Å². The Morgan fingerprint density at radius 3 is 2.59 bits per heavy atom. The van der Waals surface area contributed by atoms with Gasteiger partial charge in [0.25, 0.3) is 5.69 Å². The first-order chi connectivity index (χ1) is 10.5. The minimum absolute atomic E-state index is 0.0237. The number of non-ortho nitro benzene ring substituents is 1. The summed E-state index contributed by atoms with van der Waals surface area (Å²) in [5.74, 6) is 0.440. The number of hydrogen-bond donors (Lipinski definition) is 1.